The highest BCUT2D eigenvalue weighted by atomic mass is 16.5. The first-order valence-electron chi connectivity index (χ1n) is 10.5. The Kier molecular flexibility index (Phi) is 6.54. The zero-order chi connectivity index (χ0) is 22.5. The molecule has 0 bridgehead atoms. The van der Waals surface area contributed by atoms with E-state index in [9.17, 15) is 4.79 Å². The van der Waals surface area contributed by atoms with Crippen molar-refractivity contribution in [2.24, 2.45) is 11.5 Å². The second kappa shape index (κ2) is 9.68. The van der Waals surface area contributed by atoms with Gasteiger partial charge in [0.2, 0.25) is 0 Å². The number of carboxylic acid groups (broad SMARTS) is 1. The van der Waals surface area contributed by atoms with Crippen LogP contribution >= 0.6 is 0 Å². The van der Waals surface area contributed by atoms with Crippen LogP contribution in [-0.4, -0.2) is 17.6 Å². The summed E-state index contributed by atoms with van der Waals surface area (Å²) in [5.41, 5.74) is 17.0. The predicted octanol–water partition coefficient (Wildman–Crippen LogP) is 4.27. The van der Waals surface area contributed by atoms with Crippen molar-refractivity contribution in [3.05, 3.63) is 89.2 Å². The average Bonchev–Trinajstić information content (AvgIpc) is 3.20. The van der Waals surface area contributed by atoms with Crippen molar-refractivity contribution in [1.29, 1.82) is 0 Å². The van der Waals surface area contributed by atoms with Gasteiger partial charge >= 0.3 is 5.97 Å². The highest BCUT2D eigenvalue weighted by Gasteiger charge is 2.14. The van der Waals surface area contributed by atoms with Crippen molar-refractivity contribution in [3.63, 3.8) is 0 Å². The molecule has 0 unspecified atom stereocenters. The number of benzene rings is 3. The molecule has 0 atom stereocenters. The Labute approximate surface area is 186 Å². The molecule has 32 heavy (non-hydrogen) atoms. The Hall–Kier alpha value is -3.61. The maximum absolute atomic E-state index is 11.2. The third kappa shape index (κ3) is 4.82. The van der Waals surface area contributed by atoms with E-state index in [-0.39, 0.29) is 6.42 Å². The highest BCUT2D eigenvalue weighted by molar-refractivity contribution is 5.93. The molecule has 0 fully saturated rings. The molecule has 4 rings (SSSR count). The zero-order valence-corrected chi connectivity index (χ0v) is 17.7. The van der Waals surface area contributed by atoms with Gasteiger partial charge in [-0.15, -0.1) is 0 Å². The number of furan rings is 1. The number of rotatable bonds is 9. The highest BCUT2D eigenvalue weighted by Crippen LogP contribution is 2.34. The lowest BCUT2D eigenvalue weighted by Gasteiger charge is -2.12. The maximum Gasteiger partial charge on any atom is 0.307 e. The van der Waals surface area contributed by atoms with Crippen LogP contribution in [0.2, 0.25) is 0 Å². The fraction of sp³-hybridized carbons (Fsp3) is 0.192. The van der Waals surface area contributed by atoms with Gasteiger partial charge in [-0.25, -0.2) is 0 Å². The minimum atomic E-state index is -0.893. The van der Waals surface area contributed by atoms with Crippen LogP contribution in [0.5, 0.6) is 5.75 Å². The number of hydrogen-bond acceptors (Lipinski definition) is 5. The number of fused-ring (bicyclic) bond motifs is 1. The Morgan fingerprint density at radius 2 is 1.81 bits per heavy atom. The standard InChI is InChI=1S/C26H26N2O4/c27-9-8-22-13-21-11-18(16-31-24-7-2-1-5-20(24)14-25(29)30)12-23(26(21)32-22)19-6-3-4-17(10-19)15-28/h1-7,10-13H,8-9,14-16,27-28H2,(H,29,30). The van der Waals surface area contributed by atoms with Gasteiger partial charge in [-0.1, -0.05) is 36.4 Å². The van der Waals surface area contributed by atoms with Gasteiger partial charge in [0.25, 0.3) is 0 Å². The molecule has 0 saturated heterocycles. The normalized spacial score (nSPS) is 11.1. The van der Waals surface area contributed by atoms with Gasteiger partial charge in [0, 0.05) is 29.5 Å². The topological polar surface area (TPSA) is 112 Å². The first kappa shape index (κ1) is 21.6. The van der Waals surface area contributed by atoms with Crippen molar-refractivity contribution in [2.75, 3.05) is 6.54 Å². The van der Waals surface area contributed by atoms with E-state index in [2.05, 4.69) is 6.07 Å². The summed E-state index contributed by atoms with van der Waals surface area (Å²) in [5, 5.41) is 10.1. The zero-order valence-electron chi connectivity index (χ0n) is 17.7. The molecule has 1 aromatic heterocycles. The fourth-order valence-electron chi connectivity index (χ4n) is 3.81. The summed E-state index contributed by atoms with van der Waals surface area (Å²) in [5.74, 6) is 0.511. The minimum absolute atomic E-state index is 0.0868. The number of carboxylic acids is 1. The Balaban J connectivity index is 1.72. The largest absolute Gasteiger partial charge is 0.489 e. The van der Waals surface area contributed by atoms with E-state index in [1.807, 2.05) is 48.5 Å². The van der Waals surface area contributed by atoms with Gasteiger partial charge in [0.05, 0.1) is 6.42 Å². The second-order valence-electron chi connectivity index (χ2n) is 7.68. The number of para-hydroxylation sites is 1. The molecule has 3 aromatic carbocycles. The van der Waals surface area contributed by atoms with Gasteiger partial charge in [-0.05, 0) is 53.6 Å². The van der Waals surface area contributed by atoms with Gasteiger partial charge in [-0.2, -0.15) is 0 Å². The molecule has 0 saturated carbocycles. The summed E-state index contributed by atoms with van der Waals surface area (Å²) in [6.07, 6.45) is 0.571. The van der Waals surface area contributed by atoms with Crippen molar-refractivity contribution in [2.45, 2.75) is 26.0 Å². The number of carbonyl (C=O) groups is 1. The molecule has 5 N–H and O–H groups in total. The van der Waals surface area contributed by atoms with E-state index in [0.717, 1.165) is 39.0 Å². The van der Waals surface area contributed by atoms with Crippen LogP contribution in [0.4, 0.5) is 0 Å². The molecule has 0 aliphatic carbocycles. The third-order valence-corrected chi connectivity index (χ3v) is 5.30. The lowest BCUT2D eigenvalue weighted by atomic mass is 9.99. The Bertz CT molecular complexity index is 1250. The molecule has 1 heterocycles. The summed E-state index contributed by atoms with van der Waals surface area (Å²) in [6.45, 7) is 1.26. The minimum Gasteiger partial charge on any atom is -0.489 e. The number of hydrogen-bond donors (Lipinski definition) is 3. The first-order valence-corrected chi connectivity index (χ1v) is 10.5. The van der Waals surface area contributed by atoms with E-state index in [1.54, 1.807) is 12.1 Å². The molecular weight excluding hydrogens is 404 g/mol. The number of nitrogens with two attached hydrogens (primary N) is 2. The molecule has 0 amide bonds. The molecule has 6 heteroatoms. The summed E-state index contributed by atoms with van der Waals surface area (Å²) in [7, 11) is 0. The first-order chi connectivity index (χ1) is 15.6. The van der Waals surface area contributed by atoms with Crippen LogP contribution < -0.4 is 16.2 Å². The Morgan fingerprint density at radius 3 is 2.59 bits per heavy atom. The van der Waals surface area contributed by atoms with Gasteiger partial charge < -0.3 is 25.7 Å². The second-order valence-corrected chi connectivity index (χ2v) is 7.68. The van der Waals surface area contributed by atoms with Crippen molar-refractivity contribution < 1.29 is 19.1 Å². The van der Waals surface area contributed by atoms with Crippen molar-refractivity contribution in [1.82, 2.24) is 0 Å². The number of aliphatic carboxylic acids is 1. The monoisotopic (exact) mass is 430 g/mol. The molecule has 0 aliphatic rings. The lowest BCUT2D eigenvalue weighted by molar-refractivity contribution is -0.136. The summed E-state index contributed by atoms with van der Waals surface area (Å²) in [4.78, 5) is 11.2. The lowest BCUT2D eigenvalue weighted by Crippen LogP contribution is -2.04. The fourth-order valence-corrected chi connectivity index (χ4v) is 3.81. The quantitative estimate of drug-likeness (QED) is 0.366. The van der Waals surface area contributed by atoms with E-state index in [0.29, 0.717) is 37.4 Å². The predicted molar refractivity (Wildman–Crippen MR) is 124 cm³/mol. The molecule has 164 valence electrons. The maximum atomic E-state index is 11.2. The molecule has 0 spiro atoms. The van der Waals surface area contributed by atoms with Crippen LogP contribution in [0.1, 0.15) is 22.5 Å². The summed E-state index contributed by atoms with van der Waals surface area (Å²) >= 11 is 0. The smallest absolute Gasteiger partial charge is 0.307 e. The summed E-state index contributed by atoms with van der Waals surface area (Å²) < 4.78 is 12.2. The van der Waals surface area contributed by atoms with Gasteiger partial charge in [0.1, 0.15) is 23.7 Å². The van der Waals surface area contributed by atoms with Crippen LogP contribution in [0, 0.1) is 0 Å². The van der Waals surface area contributed by atoms with E-state index < -0.39 is 5.97 Å². The van der Waals surface area contributed by atoms with E-state index in [1.165, 1.54) is 0 Å². The molecule has 0 aliphatic heterocycles. The SMILES string of the molecule is NCCc1cc2cc(COc3ccccc3CC(=O)O)cc(-c3cccc(CN)c3)c2o1. The van der Waals surface area contributed by atoms with Crippen LogP contribution in [0.3, 0.4) is 0 Å². The molecular formula is C26H26N2O4. The van der Waals surface area contributed by atoms with Crippen LogP contribution in [0.15, 0.2) is 71.1 Å². The molecule has 6 nitrogen and oxygen atoms in total. The van der Waals surface area contributed by atoms with Crippen molar-refractivity contribution in [3.8, 4) is 16.9 Å². The summed E-state index contributed by atoms with van der Waals surface area (Å²) in [6, 6.07) is 21.4. The molecule has 0 radical (unpaired) electrons. The molecule has 4 aromatic rings. The third-order valence-electron chi connectivity index (χ3n) is 5.30. The van der Waals surface area contributed by atoms with E-state index in [4.69, 9.17) is 25.7 Å². The van der Waals surface area contributed by atoms with E-state index >= 15 is 0 Å². The van der Waals surface area contributed by atoms with Crippen molar-refractivity contribution >= 4 is 16.9 Å². The van der Waals surface area contributed by atoms with Gasteiger partial charge in [0.15, 0.2) is 0 Å². The average molecular weight is 431 g/mol. The number of ether oxygens (including phenoxy) is 1. The van der Waals surface area contributed by atoms with Crippen LogP contribution in [-0.2, 0) is 30.8 Å². The van der Waals surface area contributed by atoms with Crippen LogP contribution in [0.25, 0.3) is 22.1 Å². The van der Waals surface area contributed by atoms with Gasteiger partial charge in [-0.3, -0.25) is 4.79 Å². The Morgan fingerprint density at radius 1 is 0.969 bits per heavy atom.